The quantitative estimate of drug-likeness (QED) is 0.746. The zero-order valence-electron chi connectivity index (χ0n) is 9.20. The fourth-order valence-electron chi connectivity index (χ4n) is 1.94. The number of hydrogen-bond donors (Lipinski definition) is 1. The van der Waals surface area contributed by atoms with E-state index >= 15 is 0 Å². The van der Waals surface area contributed by atoms with Crippen molar-refractivity contribution in [2.24, 2.45) is 5.92 Å². The van der Waals surface area contributed by atoms with Gasteiger partial charge in [-0.05, 0) is 25.7 Å². The van der Waals surface area contributed by atoms with Gasteiger partial charge >= 0.3 is 0 Å². The minimum Gasteiger partial charge on any atom is -0.394 e. The van der Waals surface area contributed by atoms with Crippen LogP contribution in [0.3, 0.4) is 0 Å². The maximum atomic E-state index is 11.9. The number of amides is 1. The molecule has 1 heterocycles. The summed E-state index contributed by atoms with van der Waals surface area (Å²) in [5.74, 6) is 0.313. The first-order chi connectivity index (χ1) is 6.70. The van der Waals surface area contributed by atoms with E-state index in [1.54, 1.807) is 0 Å². The van der Waals surface area contributed by atoms with Gasteiger partial charge in [-0.15, -0.1) is 0 Å². The molecule has 1 rings (SSSR count). The first-order valence-corrected chi connectivity index (χ1v) is 5.62. The molecule has 0 aromatic carbocycles. The normalized spacial score (nSPS) is 24.8. The molecular formula is C11H21NO2. The summed E-state index contributed by atoms with van der Waals surface area (Å²) in [5.41, 5.74) is 0. The smallest absolute Gasteiger partial charge is 0.225 e. The van der Waals surface area contributed by atoms with E-state index < -0.39 is 0 Å². The molecule has 1 N–H and O–H groups in total. The first kappa shape index (κ1) is 11.5. The Bertz CT molecular complexity index is 194. The fraction of sp³-hybridized carbons (Fsp3) is 0.909. The second-order valence-corrected chi connectivity index (χ2v) is 4.17. The van der Waals surface area contributed by atoms with Crippen LogP contribution in [0, 0.1) is 5.92 Å². The van der Waals surface area contributed by atoms with Crippen molar-refractivity contribution in [1.29, 1.82) is 0 Å². The number of likely N-dealkylation sites (tertiary alicyclic amines) is 1. The number of piperidine rings is 1. The van der Waals surface area contributed by atoms with Gasteiger partial charge in [-0.25, -0.2) is 0 Å². The maximum absolute atomic E-state index is 11.9. The number of carbonyl (C=O) groups excluding carboxylic acids is 1. The minimum atomic E-state index is 0.0743. The highest BCUT2D eigenvalue weighted by molar-refractivity contribution is 5.78. The summed E-state index contributed by atoms with van der Waals surface area (Å²) in [6.45, 7) is 4.93. The largest absolute Gasteiger partial charge is 0.394 e. The van der Waals surface area contributed by atoms with E-state index in [0.717, 1.165) is 32.2 Å². The van der Waals surface area contributed by atoms with Crippen molar-refractivity contribution < 1.29 is 9.90 Å². The van der Waals surface area contributed by atoms with Crippen molar-refractivity contribution >= 4 is 5.91 Å². The van der Waals surface area contributed by atoms with Gasteiger partial charge in [0.05, 0.1) is 12.6 Å². The van der Waals surface area contributed by atoms with Crippen LogP contribution in [-0.4, -0.2) is 35.1 Å². The van der Waals surface area contributed by atoms with E-state index in [1.165, 1.54) is 0 Å². The standard InChI is InChI=1S/C11H21NO2/c1-3-9(2)11(14)12-7-5-4-6-10(12)8-13/h9-10,13H,3-8H2,1-2H3. The predicted octanol–water partition coefficient (Wildman–Crippen LogP) is 1.41. The molecule has 82 valence electrons. The van der Waals surface area contributed by atoms with Gasteiger partial charge in [0.1, 0.15) is 0 Å². The van der Waals surface area contributed by atoms with Crippen LogP contribution in [0.4, 0.5) is 0 Å². The molecule has 0 aromatic rings. The van der Waals surface area contributed by atoms with Crippen molar-refractivity contribution in [2.75, 3.05) is 13.2 Å². The van der Waals surface area contributed by atoms with E-state index in [1.807, 2.05) is 18.7 Å². The van der Waals surface area contributed by atoms with Gasteiger partial charge in [-0.3, -0.25) is 4.79 Å². The Morgan fingerprint density at radius 2 is 2.29 bits per heavy atom. The lowest BCUT2D eigenvalue weighted by molar-refractivity contribution is -0.139. The van der Waals surface area contributed by atoms with Crippen LogP contribution < -0.4 is 0 Å². The van der Waals surface area contributed by atoms with Crippen molar-refractivity contribution in [2.45, 2.75) is 45.6 Å². The van der Waals surface area contributed by atoms with Crippen LogP contribution in [0.5, 0.6) is 0 Å². The van der Waals surface area contributed by atoms with Gasteiger partial charge in [0.2, 0.25) is 5.91 Å². The number of aliphatic hydroxyl groups is 1. The topological polar surface area (TPSA) is 40.5 Å². The van der Waals surface area contributed by atoms with Crippen molar-refractivity contribution in [3.05, 3.63) is 0 Å². The summed E-state index contributed by atoms with van der Waals surface area (Å²) < 4.78 is 0. The lowest BCUT2D eigenvalue weighted by Gasteiger charge is -2.36. The Morgan fingerprint density at radius 1 is 1.57 bits per heavy atom. The van der Waals surface area contributed by atoms with Crippen LogP contribution in [0.25, 0.3) is 0 Å². The number of aliphatic hydroxyl groups excluding tert-OH is 1. The van der Waals surface area contributed by atoms with Gasteiger partial charge < -0.3 is 10.0 Å². The van der Waals surface area contributed by atoms with Gasteiger partial charge in [0.25, 0.3) is 0 Å². The molecule has 3 nitrogen and oxygen atoms in total. The van der Waals surface area contributed by atoms with Crippen molar-refractivity contribution in [3.8, 4) is 0 Å². The van der Waals surface area contributed by atoms with Gasteiger partial charge in [0.15, 0.2) is 0 Å². The van der Waals surface area contributed by atoms with E-state index in [-0.39, 0.29) is 24.5 Å². The lowest BCUT2D eigenvalue weighted by Crippen LogP contribution is -2.47. The van der Waals surface area contributed by atoms with Crippen LogP contribution >= 0.6 is 0 Å². The zero-order valence-corrected chi connectivity index (χ0v) is 9.20. The lowest BCUT2D eigenvalue weighted by atomic mass is 9.99. The molecule has 0 bridgehead atoms. The molecule has 0 aliphatic carbocycles. The van der Waals surface area contributed by atoms with E-state index in [9.17, 15) is 9.90 Å². The molecule has 2 atom stereocenters. The molecule has 3 heteroatoms. The highest BCUT2D eigenvalue weighted by atomic mass is 16.3. The Kier molecular flexibility index (Phi) is 4.39. The van der Waals surface area contributed by atoms with Crippen molar-refractivity contribution in [1.82, 2.24) is 4.90 Å². The molecule has 1 aliphatic heterocycles. The number of rotatable bonds is 3. The van der Waals surface area contributed by atoms with E-state index in [4.69, 9.17) is 0 Å². The molecule has 1 amide bonds. The van der Waals surface area contributed by atoms with Crippen molar-refractivity contribution in [3.63, 3.8) is 0 Å². The second-order valence-electron chi connectivity index (χ2n) is 4.17. The first-order valence-electron chi connectivity index (χ1n) is 5.62. The van der Waals surface area contributed by atoms with Gasteiger partial charge in [-0.2, -0.15) is 0 Å². The molecule has 1 aliphatic rings. The van der Waals surface area contributed by atoms with Crippen LogP contribution in [0.2, 0.25) is 0 Å². The highest BCUT2D eigenvalue weighted by Crippen LogP contribution is 2.19. The predicted molar refractivity (Wildman–Crippen MR) is 55.9 cm³/mol. The summed E-state index contributed by atoms with van der Waals surface area (Å²) in [7, 11) is 0. The third-order valence-corrected chi connectivity index (χ3v) is 3.15. The Balaban J connectivity index is 2.58. The summed E-state index contributed by atoms with van der Waals surface area (Å²) in [5, 5.41) is 9.17. The Hall–Kier alpha value is -0.570. The average Bonchev–Trinajstić information content (AvgIpc) is 2.26. The van der Waals surface area contributed by atoms with E-state index in [0.29, 0.717) is 0 Å². The fourth-order valence-corrected chi connectivity index (χ4v) is 1.94. The summed E-state index contributed by atoms with van der Waals surface area (Å²) >= 11 is 0. The molecule has 0 aromatic heterocycles. The Morgan fingerprint density at radius 3 is 2.86 bits per heavy atom. The second kappa shape index (κ2) is 5.35. The van der Waals surface area contributed by atoms with Gasteiger partial charge in [0, 0.05) is 12.5 Å². The minimum absolute atomic E-state index is 0.0743. The number of hydrogen-bond acceptors (Lipinski definition) is 2. The molecule has 0 saturated carbocycles. The number of nitrogens with zero attached hydrogens (tertiary/aromatic N) is 1. The molecule has 0 radical (unpaired) electrons. The van der Waals surface area contributed by atoms with Gasteiger partial charge in [-0.1, -0.05) is 13.8 Å². The summed E-state index contributed by atoms with van der Waals surface area (Å²) in [4.78, 5) is 13.8. The monoisotopic (exact) mass is 199 g/mol. The highest BCUT2D eigenvalue weighted by Gasteiger charge is 2.28. The average molecular weight is 199 g/mol. The van der Waals surface area contributed by atoms with Crippen LogP contribution in [-0.2, 0) is 4.79 Å². The molecule has 1 saturated heterocycles. The molecule has 1 fully saturated rings. The molecule has 14 heavy (non-hydrogen) atoms. The van der Waals surface area contributed by atoms with E-state index in [2.05, 4.69) is 0 Å². The Labute approximate surface area is 86.1 Å². The van der Waals surface area contributed by atoms with Crippen LogP contribution in [0.15, 0.2) is 0 Å². The summed E-state index contributed by atoms with van der Waals surface area (Å²) in [6.07, 6.45) is 4.06. The third-order valence-electron chi connectivity index (χ3n) is 3.15. The SMILES string of the molecule is CCC(C)C(=O)N1CCCCC1CO. The summed E-state index contributed by atoms with van der Waals surface area (Å²) in [6, 6.07) is 0.0743. The number of carbonyl (C=O) groups is 1. The molecular weight excluding hydrogens is 178 g/mol. The molecule has 0 spiro atoms. The van der Waals surface area contributed by atoms with Crippen LogP contribution in [0.1, 0.15) is 39.5 Å². The zero-order chi connectivity index (χ0) is 10.6. The molecule has 2 unspecified atom stereocenters. The maximum Gasteiger partial charge on any atom is 0.225 e. The third kappa shape index (κ3) is 2.47.